The molecule has 1 amide bonds. The van der Waals surface area contributed by atoms with E-state index in [1.807, 2.05) is 0 Å². The summed E-state index contributed by atoms with van der Waals surface area (Å²) in [5.74, 6) is 1.53. The number of nitro benzene ring substituents is 1. The molecule has 1 aliphatic rings. The first kappa shape index (κ1) is 12.2. The molecule has 0 bridgehead atoms. The van der Waals surface area contributed by atoms with E-state index < -0.39 is 15.5 Å². The Kier molecular flexibility index (Phi) is 2.87. The van der Waals surface area contributed by atoms with E-state index in [0.717, 1.165) is 6.07 Å². The van der Waals surface area contributed by atoms with Gasteiger partial charge in [-0.2, -0.15) is 0 Å². The normalized spacial score (nSPS) is 16.4. The molecule has 1 aliphatic heterocycles. The molecule has 1 fully saturated rings. The molecular formula is C12H10N2O4. The maximum absolute atomic E-state index is 11.9. The number of hydroxylamine groups is 3. The smallest absolute Gasteiger partial charge is 0.346 e. The zero-order chi connectivity index (χ0) is 13.3. The summed E-state index contributed by atoms with van der Waals surface area (Å²) in [5, 5.41) is 22.7. The van der Waals surface area contributed by atoms with Crippen LogP contribution in [0.4, 0.5) is 5.69 Å². The molecule has 0 unspecified atom stereocenters. The Morgan fingerprint density at radius 1 is 1.44 bits per heavy atom. The fourth-order valence-corrected chi connectivity index (χ4v) is 1.82. The lowest BCUT2D eigenvalue weighted by Gasteiger charge is -2.46. The molecule has 1 heterocycles. The second-order valence-corrected chi connectivity index (χ2v) is 4.13. The molecule has 0 saturated carbocycles. The van der Waals surface area contributed by atoms with Gasteiger partial charge in [0.15, 0.2) is 0 Å². The van der Waals surface area contributed by atoms with Crippen LogP contribution in [0.3, 0.4) is 0 Å². The van der Waals surface area contributed by atoms with E-state index in [0.29, 0.717) is 6.42 Å². The van der Waals surface area contributed by atoms with E-state index in [2.05, 4.69) is 5.92 Å². The molecule has 0 aliphatic carbocycles. The van der Waals surface area contributed by atoms with Gasteiger partial charge in [-0.15, -0.1) is 6.42 Å². The van der Waals surface area contributed by atoms with Crippen molar-refractivity contribution in [3.8, 4) is 12.3 Å². The van der Waals surface area contributed by atoms with E-state index in [1.165, 1.54) is 12.1 Å². The zero-order valence-electron chi connectivity index (χ0n) is 9.46. The molecule has 0 spiro atoms. The molecule has 92 valence electrons. The third-order valence-corrected chi connectivity index (χ3v) is 3.01. The number of rotatable bonds is 2. The predicted molar refractivity (Wildman–Crippen MR) is 63.3 cm³/mol. The molecule has 2 rings (SSSR count). The van der Waals surface area contributed by atoms with Crippen LogP contribution in [0.25, 0.3) is 0 Å². The number of nitro groups is 1. The number of carbonyl (C=O) groups is 1. The number of quaternary nitrogens is 1. The molecule has 1 saturated heterocycles. The van der Waals surface area contributed by atoms with Crippen molar-refractivity contribution in [2.75, 3.05) is 13.1 Å². The van der Waals surface area contributed by atoms with Gasteiger partial charge in [0.2, 0.25) is 0 Å². The van der Waals surface area contributed by atoms with Crippen LogP contribution in [0.5, 0.6) is 0 Å². The Morgan fingerprint density at radius 2 is 2.11 bits per heavy atom. The monoisotopic (exact) mass is 246 g/mol. The first-order valence-corrected chi connectivity index (χ1v) is 5.36. The third-order valence-electron chi connectivity index (χ3n) is 3.01. The van der Waals surface area contributed by atoms with Crippen LogP contribution in [-0.4, -0.2) is 28.6 Å². The summed E-state index contributed by atoms with van der Waals surface area (Å²) in [5.41, 5.74) is -0.191. The largest absolute Gasteiger partial charge is 0.625 e. The summed E-state index contributed by atoms with van der Waals surface area (Å²) in [6.07, 6.45) is 5.83. The summed E-state index contributed by atoms with van der Waals surface area (Å²) >= 11 is 0. The minimum absolute atomic E-state index is 0.0374. The van der Waals surface area contributed by atoms with Gasteiger partial charge in [-0.1, -0.05) is 5.92 Å². The Balaban J connectivity index is 2.42. The summed E-state index contributed by atoms with van der Waals surface area (Å²) in [4.78, 5) is 22.1. The molecular weight excluding hydrogens is 236 g/mol. The molecule has 0 atom stereocenters. The topological polar surface area (TPSA) is 83.3 Å². The van der Waals surface area contributed by atoms with Crippen molar-refractivity contribution in [2.45, 2.75) is 6.42 Å². The first-order chi connectivity index (χ1) is 8.48. The third kappa shape index (κ3) is 1.86. The highest BCUT2D eigenvalue weighted by molar-refractivity contribution is 5.90. The second-order valence-electron chi connectivity index (χ2n) is 4.13. The Morgan fingerprint density at radius 3 is 2.56 bits per heavy atom. The number of likely N-dealkylation sites (tertiary alicyclic amines) is 1. The summed E-state index contributed by atoms with van der Waals surface area (Å²) in [6.45, 7) is 0.451. The van der Waals surface area contributed by atoms with Gasteiger partial charge in [0.05, 0.1) is 23.6 Å². The SMILES string of the molecule is C#Cc1ccc(C(=O)[N+]2([O-])CCC2)cc1[N+](=O)[O-]. The predicted octanol–water partition coefficient (Wildman–Crippen LogP) is 1.43. The van der Waals surface area contributed by atoms with Gasteiger partial charge in [-0.3, -0.25) is 14.8 Å². The van der Waals surface area contributed by atoms with E-state index >= 15 is 0 Å². The second kappa shape index (κ2) is 4.22. The molecule has 1 aromatic rings. The van der Waals surface area contributed by atoms with Gasteiger partial charge < -0.3 is 5.21 Å². The van der Waals surface area contributed by atoms with Gasteiger partial charge >= 0.3 is 5.91 Å². The van der Waals surface area contributed by atoms with Gasteiger partial charge in [0, 0.05) is 12.5 Å². The van der Waals surface area contributed by atoms with Gasteiger partial charge in [0.25, 0.3) is 5.69 Å². The molecule has 0 aromatic heterocycles. The molecule has 0 radical (unpaired) electrons. The number of hydrogen-bond donors (Lipinski definition) is 0. The Hall–Kier alpha value is -2.23. The van der Waals surface area contributed by atoms with Crippen LogP contribution < -0.4 is 0 Å². The van der Waals surface area contributed by atoms with Gasteiger partial charge in [-0.05, 0) is 12.1 Å². The lowest BCUT2D eigenvalue weighted by atomic mass is 10.1. The van der Waals surface area contributed by atoms with E-state index in [1.54, 1.807) is 0 Å². The highest BCUT2D eigenvalue weighted by Gasteiger charge is 2.36. The van der Waals surface area contributed by atoms with Crippen LogP contribution in [0.2, 0.25) is 0 Å². The highest BCUT2D eigenvalue weighted by Crippen LogP contribution is 2.26. The van der Waals surface area contributed by atoms with Crippen LogP contribution in [0.1, 0.15) is 22.3 Å². The Labute approximate surface area is 103 Å². The minimum Gasteiger partial charge on any atom is -0.625 e. The van der Waals surface area contributed by atoms with Crippen molar-refractivity contribution in [2.24, 2.45) is 0 Å². The molecule has 6 heteroatoms. The number of amides is 1. The molecule has 0 N–H and O–H groups in total. The minimum atomic E-state index is -0.938. The fourth-order valence-electron chi connectivity index (χ4n) is 1.82. The number of nitrogens with zero attached hydrogens (tertiary/aromatic N) is 2. The summed E-state index contributed by atoms with van der Waals surface area (Å²) in [7, 11) is 0. The van der Waals surface area contributed by atoms with E-state index in [-0.39, 0.29) is 29.9 Å². The number of carbonyl (C=O) groups excluding carboxylic acids is 1. The first-order valence-electron chi connectivity index (χ1n) is 5.36. The number of hydrogen-bond acceptors (Lipinski definition) is 4. The number of terminal acetylenes is 1. The van der Waals surface area contributed by atoms with Gasteiger partial charge in [-0.25, -0.2) is 4.79 Å². The van der Waals surface area contributed by atoms with Crippen molar-refractivity contribution < 1.29 is 14.4 Å². The van der Waals surface area contributed by atoms with Crippen molar-refractivity contribution in [1.29, 1.82) is 0 Å². The lowest BCUT2D eigenvalue weighted by Crippen LogP contribution is -2.56. The average Bonchev–Trinajstić information content (AvgIpc) is 2.34. The molecule has 18 heavy (non-hydrogen) atoms. The maximum atomic E-state index is 11.9. The Bertz CT molecular complexity index is 570. The van der Waals surface area contributed by atoms with E-state index in [9.17, 15) is 20.1 Å². The average molecular weight is 246 g/mol. The number of benzene rings is 1. The molecule has 6 nitrogen and oxygen atoms in total. The van der Waals surface area contributed by atoms with Crippen LogP contribution in [0, 0.1) is 27.7 Å². The van der Waals surface area contributed by atoms with Crippen LogP contribution in [0.15, 0.2) is 18.2 Å². The van der Waals surface area contributed by atoms with Crippen molar-refractivity contribution >= 4 is 11.6 Å². The van der Waals surface area contributed by atoms with Crippen LogP contribution >= 0.6 is 0 Å². The maximum Gasteiger partial charge on any atom is 0.346 e. The fraction of sp³-hybridized carbons (Fsp3) is 0.250. The van der Waals surface area contributed by atoms with E-state index in [4.69, 9.17) is 6.42 Å². The van der Waals surface area contributed by atoms with Crippen molar-refractivity contribution in [1.82, 2.24) is 0 Å². The van der Waals surface area contributed by atoms with Gasteiger partial charge in [0.1, 0.15) is 5.56 Å². The quantitative estimate of drug-likeness (QED) is 0.260. The zero-order valence-corrected chi connectivity index (χ0v) is 9.46. The van der Waals surface area contributed by atoms with Crippen LogP contribution in [-0.2, 0) is 0 Å². The summed E-state index contributed by atoms with van der Waals surface area (Å²) in [6, 6.07) is 3.76. The standard InChI is InChI=1S/C12H10N2O4/c1-2-9-4-5-10(8-11(9)13(16)17)12(15)14(18)6-3-7-14/h1,4-5,8H,3,6-7H2. The molecule has 1 aromatic carbocycles. The van der Waals surface area contributed by atoms with Crippen molar-refractivity contribution in [3.05, 3.63) is 44.6 Å². The highest BCUT2D eigenvalue weighted by atomic mass is 16.6. The summed E-state index contributed by atoms with van der Waals surface area (Å²) < 4.78 is -0.938. The van der Waals surface area contributed by atoms with Crippen molar-refractivity contribution in [3.63, 3.8) is 0 Å². The lowest BCUT2D eigenvalue weighted by molar-refractivity contribution is -0.839.